The van der Waals surface area contributed by atoms with Crippen molar-refractivity contribution in [3.8, 4) is 0 Å². The summed E-state index contributed by atoms with van der Waals surface area (Å²) in [7, 11) is 0. The van der Waals surface area contributed by atoms with Crippen molar-refractivity contribution in [1.29, 1.82) is 0 Å². The summed E-state index contributed by atoms with van der Waals surface area (Å²) in [6.45, 7) is 6.55. The van der Waals surface area contributed by atoms with Gasteiger partial charge in [0.2, 0.25) is 0 Å². The molecule has 0 aromatic heterocycles. The smallest absolute Gasteiger partial charge is 0.0413 e. The van der Waals surface area contributed by atoms with Crippen LogP contribution in [0.25, 0.3) is 0 Å². The Balaban J connectivity index is 2.59. The average Bonchev–Trinajstić information content (AvgIpc) is 1.88. The van der Waals surface area contributed by atoms with Crippen LogP contribution in [0.15, 0.2) is 23.9 Å². The molecule has 0 aliphatic carbocycles. The van der Waals surface area contributed by atoms with Gasteiger partial charge in [-0.3, -0.25) is 0 Å². The maximum Gasteiger partial charge on any atom is 0.0413 e. The van der Waals surface area contributed by atoms with Gasteiger partial charge >= 0.3 is 0 Å². The van der Waals surface area contributed by atoms with E-state index in [0.717, 1.165) is 0 Å². The Hall–Kier alpha value is -0.720. The molecule has 0 aromatic rings. The molecule has 0 amide bonds. The molecule has 1 rings (SSSR count). The van der Waals surface area contributed by atoms with Crippen LogP contribution in [0.1, 0.15) is 20.8 Å². The third-order valence-corrected chi connectivity index (χ3v) is 1.76. The molecule has 1 heterocycles. The van der Waals surface area contributed by atoms with Gasteiger partial charge in [0.1, 0.15) is 0 Å². The van der Waals surface area contributed by atoms with E-state index in [-0.39, 0.29) is 0 Å². The second-order valence-electron chi connectivity index (χ2n) is 3.11. The molecule has 1 heteroatoms. The summed E-state index contributed by atoms with van der Waals surface area (Å²) in [5.41, 5.74) is 1.39. The van der Waals surface area contributed by atoms with E-state index >= 15 is 0 Å². The Morgan fingerprint density at radius 2 is 2.20 bits per heavy atom. The summed E-state index contributed by atoms with van der Waals surface area (Å²) < 4.78 is 0. The molecular formula is C9H15N. The zero-order valence-electron chi connectivity index (χ0n) is 6.89. The van der Waals surface area contributed by atoms with Crippen LogP contribution in [0, 0.1) is 5.92 Å². The zero-order valence-corrected chi connectivity index (χ0v) is 6.89. The molecule has 1 unspecified atom stereocenters. The first kappa shape index (κ1) is 7.39. The first-order valence-corrected chi connectivity index (χ1v) is 3.84. The Kier molecular flexibility index (Phi) is 2.15. The average molecular weight is 137 g/mol. The van der Waals surface area contributed by atoms with Gasteiger partial charge < -0.3 is 5.32 Å². The minimum absolute atomic E-state index is 0.502. The quantitative estimate of drug-likeness (QED) is 0.583. The fourth-order valence-corrected chi connectivity index (χ4v) is 0.946. The van der Waals surface area contributed by atoms with Crippen LogP contribution < -0.4 is 5.32 Å². The molecule has 1 atom stereocenters. The molecule has 1 aliphatic rings. The van der Waals surface area contributed by atoms with Gasteiger partial charge in [0, 0.05) is 12.2 Å². The normalized spacial score (nSPS) is 24.4. The van der Waals surface area contributed by atoms with Crippen LogP contribution in [-0.4, -0.2) is 6.04 Å². The highest BCUT2D eigenvalue weighted by atomic mass is 14.9. The molecule has 56 valence electrons. The lowest BCUT2D eigenvalue weighted by molar-refractivity contribution is 0.708. The molecular weight excluding hydrogens is 122 g/mol. The predicted octanol–water partition coefficient (Wildman–Crippen LogP) is 2.07. The summed E-state index contributed by atoms with van der Waals surface area (Å²) >= 11 is 0. The lowest BCUT2D eigenvalue weighted by Gasteiger charge is -2.16. The second kappa shape index (κ2) is 2.91. The molecule has 0 radical (unpaired) electrons. The van der Waals surface area contributed by atoms with Crippen molar-refractivity contribution in [3.63, 3.8) is 0 Å². The zero-order chi connectivity index (χ0) is 7.56. The van der Waals surface area contributed by atoms with Gasteiger partial charge in [0.15, 0.2) is 0 Å². The van der Waals surface area contributed by atoms with Crippen molar-refractivity contribution in [3.05, 3.63) is 23.9 Å². The number of nitrogens with one attached hydrogen (secondary N) is 1. The van der Waals surface area contributed by atoms with Crippen molar-refractivity contribution >= 4 is 0 Å². The molecule has 0 saturated carbocycles. The van der Waals surface area contributed by atoms with Gasteiger partial charge in [0.25, 0.3) is 0 Å². The van der Waals surface area contributed by atoms with Crippen molar-refractivity contribution in [2.75, 3.05) is 0 Å². The molecule has 1 nitrogen and oxygen atoms in total. The van der Waals surface area contributed by atoms with Gasteiger partial charge in [-0.15, -0.1) is 0 Å². The van der Waals surface area contributed by atoms with E-state index in [1.165, 1.54) is 5.57 Å². The van der Waals surface area contributed by atoms with Gasteiger partial charge in [-0.2, -0.15) is 0 Å². The van der Waals surface area contributed by atoms with Crippen molar-refractivity contribution < 1.29 is 0 Å². The monoisotopic (exact) mass is 137 g/mol. The lowest BCUT2D eigenvalue weighted by Crippen LogP contribution is -2.21. The Bertz CT molecular complexity index is 166. The highest BCUT2D eigenvalue weighted by Gasteiger charge is 2.04. The minimum atomic E-state index is 0.502. The van der Waals surface area contributed by atoms with Gasteiger partial charge in [-0.05, 0) is 18.4 Å². The third-order valence-electron chi connectivity index (χ3n) is 1.76. The summed E-state index contributed by atoms with van der Waals surface area (Å²) in [4.78, 5) is 0. The maximum absolute atomic E-state index is 3.26. The molecule has 0 aromatic carbocycles. The van der Waals surface area contributed by atoms with Crippen LogP contribution in [-0.2, 0) is 0 Å². The Morgan fingerprint density at radius 3 is 2.60 bits per heavy atom. The van der Waals surface area contributed by atoms with Crippen LogP contribution in [0.2, 0.25) is 0 Å². The van der Waals surface area contributed by atoms with E-state index in [9.17, 15) is 0 Å². The van der Waals surface area contributed by atoms with Gasteiger partial charge in [-0.25, -0.2) is 0 Å². The number of hydrogen-bond donors (Lipinski definition) is 1. The minimum Gasteiger partial charge on any atom is -0.385 e. The largest absolute Gasteiger partial charge is 0.385 e. The van der Waals surface area contributed by atoms with E-state index in [0.29, 0.717) is 12.0 Å². The van der Waals surface area contributed by atoms with Crippen molar-refractivity contribution in [1.82, 2.24) is 5.32 Å². The summed E-state index contributed by atoms with van der Waals surface area (Å²) in [6, 6.07) is 0.502. The van der Waals surface area contributed by atoms with E-state index in [4.69, 9.17) is 0 Å². The number of rotatable bonds is 1. The van der Waals surface area contributed by atoms with E-state index in [2.05, 4.69) is 44.4 Å². The highest BCUT2D eigenvalue weighted by Crippen LogP contribution is 2.13. The fraction of sp³-hybridized carbons (Fsp3) is 0.556. The summed E-state index contributed by atoms with van der Waals surface area (Å²) in [5, 5.41) is 3.26. The van der Waals surface area contributed by atoms with Gasteiger partial charge in [-0.1, -0.05) is 26.0 Å². The molecule has 1 N–H and O–H groups in total. The fourth-order valence-electron chi connectivity index (χ4n) is 0.946. The van der Waals surface area contributed by atoms with Crippen LogP contribution in [0.4, 0.5) is 0 Å². The summed E-state index contributed by atoms with van der Waals surface area (Å²) in [6.07, 6.45) is 6.50. The molecule has 0 fully saturated rings. The van der Waals surface area contributed by atoms with Crippen LogP contribution >= 0.6 is 0 Å². The lowest BCUT2D eigenvalue weighted by atomic mass is 10.0. The van der Waals surface area contributed by atoms with Crippen LogP contribution in [0.5, 0.6) is 0 Å². The molecule has 10 heavy (non-hydrogen) atoms. The first-order chi connectivity index (χ1) is 4.70. The van der Waals surface area contributed by atoms with E-state index in [1.807, 2.05) is 0 Å². The van der Waals surface area contributed by atoms with E-state index < -0.39 is 0 Å². The third kappa shape index (κ3) is 1.63. The Morgan fingerprint density at radius 1 is 1.50 bits per heavy atom. The number of hydrogen-bond acceptors (Lipinski definition) is 1. The molecule has 0 spiro atoms. The first-order valence-electron chi connectivity index (χ1n) is 3.84. The van der Waals surface area contributed by atoms with Crippen LogP contribution in [0.3, 0.4) is 0 Å². The number of dihydropyridines is 1. The molecule has 1 aliphatic heterocycles. The highest BCUT2D eigenvalue weighted by molar-refractivity contribution is 5.24. The second-order valence-corrected chi connectivity index (χ2v) is 3.11. The molecule has 0 bridgehead atoms. The predicted molar refractivity (Wildman–Crippen MR) is 44.7 cm³/mol. The summed E-state index contributed by atoms with van der Waals surface area (Å²) in [5.74, 6) is 0.635. The Labute approximate surface area is 62.8 Å². The van der Waals surface area contributed by atoms with Gasteiger partial charge in [0.05, 0.1) is 0 Å². The maximum atomic E-state index is 3.26. The topological polar surface area (TPSA) is 12.0 Å². The molecule has 0 saturated heterocycles. The van der Waals surface area contributed by atoms with Crippen molar-refractivity contribution in [2.24, 2.45) is 5.92 Å². The van der Waals surface area contributed by atoms with E-state index in [1.54, 1.807) is 0 Å². The number of allylic oxidation sites excluding steroid dienone is 2. The SMILES string of the molecule is CC1C=CC(C(C)C)=CN1. The standard InChI is InChI=1S/C9H15N/c1-7(2)9-5-4-8(3)10-6-9/h4-8,10H,1-3H3. The van der Waals surface area contributed by atoms with Crippen molar-refractivity contribution in [2.45, 2.75) is 26.8 Å².